The van der Waals surface area contributed by atoms with Gasteiger partial charge in [-0.15, -0.1) is 0 Å². The zero-order valence-electron chi connectivity index (χ0n) is 14.0. The molecule has 1 fully saturated rings. The summed E-state index contributed by atoms with van der Waals surface area (Å²) in [6, 6.07) is 7.60. The first-order valence-corrected chi connectivity index (χ1v) is 9.06. The molecule has 0 radical (unpaired) electrons. The van der Waals surface area contributed by atoms with E-state index in [9.17, 15) is 4.79 Å². The third-order valence-electron chi connectivity index (χ3n) is 4.66. The molecule has 2 aromatic rings. The van der Waals surface area contributed by atoms with Crippen molar-refractivity contribution >= 4 is 17.5 Å². The highest BCUT2D eigenvalue weighted by molar-refractivity contribution is 6.33. The summed E-state index contributed by atoms with van der Waals surface area (Å²) in [6.07, 6.45) is 8.24. The number of carbonyl (C=O) groups excluding carboxylic acids is 1. The molecule has 1 saturated carbocycles. The van der Waals surface area contributed by atoms with Gasteiger partial charge in [0.2, 0.25) is 0 Å². The van der Waals surface area contributed by atoms with E-state index in [-0.39, 0.29) is 11.9 Å². The average molecular weight is 347 g/mol. The lowest BCUT2D eigenvalue weighted by Crippen LogP contribution is -2.35. The number of amides is 1. The summed E-state index contributed by atoms with van der Waals surface area (Å²) in [5, 5.41) is 7.81. The van der Waals surface area contributed by atoms with E-state index in [1.54, 1.807) is 13.0 Å². The Hall–Kier alpha value is -1.81. The number of carbonyl (C=O) groups is 1. The lowest BCUT2D eigenvalue weighted by Gasteiger charge is -2.21. The average Bonchev–Trinajstić information content (AvgIpc) is 2.92. The van der Waals surface area contributed by atoms with E-state index < -0.39 is 0 Å². The largest absolute Gasteiger partial charge is 0.360 e. The van der Waals surface area contributed by atoms with Crippen LogP contribution in [0.15, 0.2) is 28.8 Å². The Labute approximate surface area is 147 Å². The van der Waals surface area contributed by atoms with Crippen LogP contribution in [0.1, 0.15) is 61.1 Å². The first-order chi connectivity index (χ1) is 11.7. The molecule has 0 bridgehead atoms. The third kappa shape index (κ3) is 3.81. The Kier molecular flexibility index (Phi) is 5.56. The van der Waals surface area contributed by atoms with Crippen LogP contribution in [-0.2, 0) is 0 Å². The summed E-state index contributed by atoms with van der Waals surface area (Å²) in [6.45, 7) is 1.76. The zero-order chi connectivity index (χ0) is 16.9. The molecule has 0 unspecified atom stereocenters. The van der Waals surface area contributed by atoms with Crippen molar-refractivity contribution in [2.45, 2.75) is 57.9 Å². The molecular weight excluding hydrogens is 324 g/mol. The van der Waals surface area contributed by atoms with Gasteiger partial charge in [-0.1, -0.05) is 67.1 Å². The predicted molar refractivity (Wildman–Crippen MR) is 95.3 cm³/mol. The maximum atomic E-state index is 12.8. The van der Waals surface area contributed by atoms with Crippen LogP contribution in [0.3, 0.4) is 0 Å². The smallest absolute Gasteiger partial charge is 0.257 e. The van der Waals surface area contributed by atoms with Crippen molar-refractivity contribution < 1.29 is 9.32 Å². The van der Waals surface area contributed by atoms with Gasteiger partial charge in [0.25, 0.3) is 5.91 Å². The molecule has 1 aliphatic rings. The highest BCUT2D eigenvalue weighted by Crippen LogP contribution is 2.31. The number of aromatic nitrogens is 1. The van der Waals surface area contributed by atoms with Crippen molar-refractivity contribution in [3.63, 3.8) is 0 Å². The van der Waals surface area contributed by atoms with Crippen molar-refractivity contribution in [3.8, 4) is 11.3 Å². The molecule has 0 aliphatic heterocycles. The molecule has 0 atom stereocenters. The maximum absolute atomic E-state index is 12.8. The Bertz CT molecular complexity index is 703. The summed E-state index contributed by atoms with van der Waals surface area (Å²) in [5.41, 5.74) is 1.73. The van der Waals surface area contributed by atoms with E-state index in [4.69, 9.17) is 16.1 Å². The Balaban J connectivity index is 1.82. The quantitative estimate of drug-likeness (QED) is 0.836. The van der Waals surface area contributed by atoms with Crippen molar-refractivity contribution in [1.82, 2.24) is 10.5 Å². The van der Waals surface area contributed by atoms with Crippen LogP contribution < -0.4 is 5.32 Å². The second kappa shape index (κ2) is 7.84. The van der Waals surface area contributed by atoms with Gasteiger partial charge in [0.1, 0.15) is 17.0 Å². The fourth-order valence-corrected chi connectivity index (χ4v) is 3.56. The molecule has 1 N–H and O–H groups in total. The van der Waals surface area contributed by atoms with Crippen LogP contribution >= 0.6 is 11.6 Å². The monoisotopic (exact) mass is 346 g/mol. The second-order valence-electron chi connectivity index (χ2n) is 6.46. The lowest BCUT2D eigenvalue weighted by molar-refractivity contribution is 0.0929. The number of hydrogen-bond acceptors (Lipinski definition) is 3. The van der Waals surface area contributed by atoms with Crippen molar-refractivity contribution in [3.05, 3.63) is 40.6 Å². The number of aryl methyl sites for hydroxylation is 1. The minimum Gasteiger partial charge on any atom is -0.360 e. The highest BCUT2D eigenvalue weighted by atomic mass is 35.5. The maximum Gasteiger partial charge on any atom is 0.257 e. The van der Waals surface area contributed by atoms with Crippen LogP contribution in [0.5, 0.6) is 0 Å². The number of benzene rings is 1. The molecule has 4 nitrogen and oxygen atoms in total. The summed E-state index contributed by atoms with van der Waals surface area (Å²) >= 11 is 6.26. The number of nitrogens with one attached hydrogen (secondary N) is 1. The normalized spacial score (nSPS) is 16.4. The highest BCUT2D eigenvalue weighted by Gasteiger charge is 2.25. The van der Waals surface area contributed by atoms with Gasteiger partial charge in [0, 0.05) is 11.6 Å². The molecular formula is C19H23ClN2O2. The van der Waals surface area contributed by atoms with Gasteiger partial charge >= 0.3 is 0 Å². The van der Waals surface area contributed by atoms with Crippen LogP contribution in [-0.4, -0.2) is 17.1 Å². The number of nitrogens with zero attached hydrogens (tertiary/aromatic N) is 1. The van der Waals surface area contributed by atoms with Gasteiger partial charge in [-0.05, 0) is 25.8 Å². The standard InChI is InChI=1S/C19H23ClN2O2/c1-13-17(18(22-24-13)15-11-7-8-12-16(15)20)19(23)21-14-9-5-3-2-4-6-10-14/h7-8,11-12,14H,2-6,9-10H2,1H3,(H,21,23). The molecule has 128 valence electrons. The van der Waals surface area contributed by atoms with E-state index in [1.165, 1.54) is 32.1 Å². The van der Waals surface area contributed by atoms with E-state index in [0.29, 0.717) is 22.0 Å². The van der Waals surface area contributed by atoms with E-state index in [0.717, 1.165) is 18.4 Å². The molecule has 24 heavy (non-hydrogen) atoms. The molecule has 5 heteroatoms. The van der Waals surface area contributed by atoms with Crippen LogP contribution in [0, 0.1) is 6.92 Å². The SMILES string of the molecule is Cc1onc(-c2ccccc2Cl)c1C(=O)NC1CCCCCCC1. The van der Waals surface area contributed by atoms with Crippen LogP contribution in [0.25, 0.3) is 11.3 Å². The molecule has 0 saturated heterocycles. The molecule has 1 aromatic heterocycles. The summed E-state index contributed by atoms with van der Waals surface area (Å²) in [4.78, 5) is 12.8. The zero-order valence-corrected chi connectivity index (χ0v) is 14.7. The van der Waals surface area contributed by atoms with Gasteiger partial charge in [0.15, 0.2) is 0 Å². The lowest BCUT2D eigenvalue weighted by atomic mass is 9.96. The minimum absolute atomic E-state index is 0.116. The first-order valence-electron chi connectivity index (χ1n) is 8.69. The minimum atomic E-state index is -0.116. The molecule has 1 aromatic carbocycles. The fourth-order valence-electron chi connectivity index (χ4n) is 3.33. The molecule has 1 aliphatic carbocycles. The number of halogens is 1. The summed E-state index contributed by atoms with van der Waals surface area (Å²) in [7, 11) is 0. The van der Waals surface area contributed by atoms with Crippen LogP contribution in [0.2, 0.25) is 5.02 Å². The first kappa shape index (κ1) is 17.0. The van der Waals surface area contributed by atoms with Gasteiger partial charge in [-0.2, -0.15) is 0 Å². The van der Waals surface area contributed by atoms with Gasteiger partial charge < -0.3 is 9.84 Å². The predicted octanol–water partition coefficient (Wildman–Crippen LogP) is 5.15. The molecule has 1 amide bonds. The third-order valence-corrected chi connectivity index (χ3v) is 4.99. The topological polar surface area (TPSA) is 55.1 Å². The fraction of sp³-hybridized carbons (Fsp3) is 0.474. The van der Waals surface area contributed by atoms with Gasteiger partial charge in [0.05, 0.1) is 5.02 Å². The van der Waals surface area contributed by atoms with Crippen molar-refractivity contribution in [2.24, 2.45) is 0 Å². The second-order valence-corrected chi connectivity index (χ2v) is 6.86. The van der Waals surface area contributed by atoms with Crippen molar-refractivity contribution in [2.75, 3.05) is 0 Å². The number of hydrogen-bond donors (Lipinski definition) is 1. The van der Waals surface area contributed by atoms with E-state index in [1.807, 2.05) is 18.2 Å². The van der Waals surface area contributed by atoms with Gasteiger partial charge in [-0.25, -0.2) is 0 Å². The van der Waals surface area contributed by atoms with Crippen molar-refractivity contribution in [1.29, 1.82) is 0 Å². The van der Waals surface area contributed by atoms with E-state index >= 15 is 0 Å². The molecule has 3 rings (SSSR count). The van der Waals surface area contributed by atoms with Crippen LogP contribution in [0.4, 0.5) is 0 Å². The summed E-state index contributed by atoms with van der Waals surface area (Å²) < 4.78 is 5.29. The Morgan fingerprint density at radius 1 is 1.17 bits per heavy atom. The van der Waals surface area contributed by atoms with E-state index in [2.05, 4.69) is 10.5 Å². The Morgan fingerprint density at radius 3 is 2.54 bits per heavy atom. The Morgan fingerprint density at radius 2 is 1.83 bits per heavy atom. The number of rotatable bonds is 3. The molecule has 0 spiro atoms. The molecule has 1 heterocycles. The van der Waals surface area contributed by atoms with Gasteiger partial charge in [-0.3, -0.25) is 4.79 Å². The summed E-state index contributed by atoms with van der Waals surface area (Å²) in [5.74, 6) is 0.405.